The maximum Gasteiger partial charge on any atom is 0.337 e. The van der Waals surface area contributed by atoms with Crippen molar-refractivity contribution in [2.75, 3.05) is 11.1 Å². The molecule has 0 aliphatic rings. The van der Waals surface area contributed by atoms with Crippen LogP contribution in [0.25, 0.3) is 0 Å². The standard InChI is InChI=1S/C13H11BrN2O2/c14-8-1-4-10(5-2-8)16-12-6-3-9(15)7-11(12)13(17)18/h1-7,16H,15H2,(H,17,18). The maximum absolute atomic E-state index is 11.1. The highest BCUT2D eigenvalue weighted by Crippen LogP contribution is 2.24. The van der Waals surface area contributed by atoms with E-state index in [2.05, 4.69) is 21.2 Å². The highest BCUT2D eigenvalue weighted by atomic mass is 79.9. The zero-order chi connectivity index (χ0) is 13.1. The molecule has 0 saturated carbocycles. The predicted molar refractivity (Wildman–Crippen MR) is 75.2 cm³/mol. The number of carboxylic acids is 1. The summed E-state index contributed by atoms with van der Waals surface area (Å²) < 4.78 is 0.962. The van der Waals surface area contributed by atoms with Crippen LogP contribution < -0.4 is 11.1 Å². The van der Waals surface area contributed by atoms with Gasteiger partial charge in [0.1, 0.15) is 0 Å². The van der Waals surface area contributed by atoms with Crippen LogP contribution in [0.5, 0.6) is 0 Å². The van der Waals surface area contributed by atoms with Crippen molar-refractivity contribution in [3.05, 3.63) is 52.5 Å². The molecule has 5 heteroatoms. The van der Waals surface area contributed by atoms with E-state index in [1.165, 1.54) is 6.07 Å². The second kappa shape index (κ2) is 5.10. The van der Waals surface area contributed by atoms with Crippen LogP contribution in [-0.2, 0) is 0 Å². The van der Waals surface area contributed by atoms with Crippen molar-refractivity contribution >= 4 is 39.0 Å². The molecule has 18 heavy (non-hydrogen) atoms. The van der Waals surface area contributed by atoms with Gasteiger partial charge in [-0.15, -0.1) is 0 Å². The van der Waals surface area contributed by atoms with E-state index in [0.717, 1.165) is 10.2 Å². The normalized spacial score (nSPS) is 10.1. The van der Waals surface area contributed by atoms with Crippen molar-refractivity contribution in [3.63, 3.8) is 0 Å². The monoisotopic (exact) mass is 306 g/mol. The summed E-state index contributed by atoms with van der Waals surface area (Å²) in [6.07, 6.45) is 0. The fraction of sp³-hybridized carbons (Fsp3) is 0. The zero-order valence-corrected chi connectivity index (χ0v) is 10.9. The van der Waals surface area contributed by atoms with Gasteiger partial charge in [0.25, 0.3) is 0 Å². The third-order valence-electron chi connectivity index (χ3n) is 2.40. The van der Waals surface area contributed by atoms with Crippen molar-refractivity contribution in [2.24, 2.45) is 0 Å². The topological polar surface area (TPSA) is 75.3 Å². The number of nitrogen functional groups attached to an aromatic ring is 1. The number of nitrogens with one attached hydrogen (secondary N) is 1. The Balaban J connectivity index is 2.34. The van der Waals surface area contributed by atoms with Crippen LogP contribution in [0.4, 0.5) is 17.1 Å². The molecule has 0 bridgehead atoms. The second-order valence-corrected chi connectivity index (χ2v) is 4.66. The van der Waals surface area contributed by atoms with Crippen molar-refractivity contribution in [1.82, 2.24) is 0 Å². The largest absolute Gasteiger partial charge is 0.478 e. The number of nitrogens with two attached hydrogens (primary N) is 1. The summed E-state index contributed by atoms with van der Waals surface area (Å²) in [6.45, 7) is 0. The van der Waals surface area contributed by atoms with Crippen LogP contribution in [0.1, 0.15) is 10.4 Å². The molecule has 4 N–H and O–H groups in total. The number of carbonyl (C=O) groups is 1. The predicted octanol–water partition coefficient (Wildman–Crippen LogP) is 3.47. The van der Waals surface area contributed by atoms with Gasteiger partial charge >= 0.3 is 5.97 Å². The molecular formula is C13H11BrN2O2. The minimum Gasteiger partial charge on any atom is -0.478 e. The molecule has 0 aliphatic heterocycles. The molecule has 0 fully saturated rings. The van der Waals surface area contributed by atoms with E-state index in [1.54, 1.807) is 12.1 Å². The Morgan fingerprint density at radius 1 is 1.17 bits per heavy atom. The molecule has 0 aliphatic carbocycles. The summed E-state index contributed by atoms with van der Waals surface area (Å²) in [5.41, 5.74) is 7.48. The lowest BCUT2D eigenvalue weighted by atomic mass is 10.1. The zero-order valence-electron chi connectivity index (χ0n) is 9.35. The third-order valence-corrected chi connectivity index (χ3v) is 2.93. The molecule has 0 aromatic heterocycles. The van der Waals surface area contributed by atoms with Gasteiger partial charge in [-0.1, -0.05) is 15.9 Å². The Hall–Kier alpha value is -2.01. The van der Waals surface area contributed by atoms with E-state index >= 15 is 0 Å². The smallest absolute Gasteiger partial charge is 0.337 e. The van der Waals surface area contributed by atoms with Gasteiger partial charge in [-0.25, -0.2) is 4.79 Å². The minimum atomic E-state index is -1.01. The molecule has 0 spiro atoms. The maximum atomic E-state index is 11.1. The van der Waals surface area contributed by atoms with Crippen LogP contribution in [0.2, 0.25) is 0 Å². The molecule has 2 aromatic rings. The van der Waals surface area contributed by atoms with E-state index < -0.39 is 5.97 Å². The third kappa shape index (κ3) is 2.81. The number of anilines is 3. The Labute approximate surface area is 113 Å². The van der Waals surface area contributed by atoms with Crippen molar-refractivity contribution in [3.8, 4) is 0 Å². The first kappa shape index (κ1) is 12.4. The number of rotatable bonds is 3. The van der Waals surface area contributed by atoms with Crippen LogP contribution in [0.3, 0.4) is 0 Å². The van der Waals surface area contributed by atoms with E-state index in [1.807, 2.05) is 24.3 Å². The lowest BCUT2D eigenvalue weighted by Crippen LogP contribution is -2.03. The summed E-state index contributed by atoms with van der Waals surface area (Å²) in [6, 6.07) is 12.2. The molecule has 92 valence electrons. The van der Waals surface area contributed by atoms with Crippen molar-refractivity contribution < 1.29 is 9.90 Å². The van der Waals surface area contributed by atoms with E-state index in [4.69, 9.17) is 10.8 Å². The average Bonchev–Trinajstić information content (AvgIpc) is 2.34. The van der Waals surface area contributed by atoms with E-state index in [9.17, 15) is 4.79 Å². The molecule has 2 rings (SSSR count). The molecule has 0 amide bonds. The number of benzene rings is 2. The Kier molecular flexibility index (Phi) is 3.53. The number of aromatic carboxylic acids is 1. The van der Waals surface area contributed by atoms with Gasteiger partial charge in [0.15, 0.2) is 0 Å². The van der Waals surface area contributed by atoms with Gasteiger partial charge in [0.2, 0.25) is 0 Å². The Morgan fingerprint density at radius 3 is 2.44 bits per heavy atom. The Morgan fingerprint density at radius 2 is 1.83 bits per heavy atom. The molecule has 0 atom stereocenters. The van der Waals surface area contributed by atoms with E-state index in [0.29, 0.717) is 11.4 Å². The lowest BCUT2D eigenvalue weighted by Gasteiger charge is -2.10. The first-order chi connectivity index (χ1) is 8.56. The molecule has 0 unspecified atom stereocenters. The van der Waals surface area contributed by atoms with E-state index in [-0.39, 0.29) is 5.56 Å². The lowest BCUT2D eigenvalue weighted by molar-refractivity contribution is 0.0698. The number of carboxylic acid groups (broad SMARTS) is 1. The highest BCUT2D eigenvalue weighted by Gasteiger charge is 2.10. The number of hydrogen-bond acceptors (Lipinski definition) is 3. The van der Waals surface area contributed by atoms with Gasteiger partial charge in [0, 0.05) is 15.8 Å². The molecule has 0 radical (unpaired) electrons. The van der Waals surface area contributed by atoms with Gasteiger partial charge < -0.3 is 16.2 Å². The van der Waals surface area contributed by atoms with Crippen LogP contribution in [0.15, 0.2) is 46.9 Å². The quantitative estimate of drug-likeness (QED) is 0.759. The van der Waals surface area contributed by atoms with Crippen molar-refractivity contribution in [2.45, 2.75) is 0 Å². The fourth-order valence-corrected chi connectivity index (χ4v) is 1.80. The molecule has 4 nitrogen and oxygen atoms in total. The summed E-state index contributed by atoms with van der Waals surface area (Å²) >= 11 is 3.34. The van der Waals surface area contributed by atoms with Crippen molar-refractivity contribution in [1.29, 1.82) is 0 Å². The van der Waals surface area contributed by atoms with Crippen LogP contribution >= 0.6 is 15.9 Å². The fourth-order valence-electron chi connectivity index (χ4n) is 1.54. The summed E-state index contributed by atoms with van der Waals surface area (Å²) in [7, 11) is 0. The summed E-state index contributed by atoms with van der Waals surface area (Å²) in [5, 5.41) is 12.2. The number of halogens is 1. The SMILES string of the molecule is Nc1ccc(Nc2ccc(Br)cc2)c(C(=O)O)c1. The number of hydrogen-bond donors (Lipinski definition) is 3. The Bertz CT molecular complexity index is 582. The minimum absolute atomic E-state index is 0.151. The molecule has 0 saturated heterocycles. The van der Waals surface area contributed by atoms with Gasteiger partial charge in [-0.05, 0) is 42.5 Å². The molecule has 0 heterocycles. The molecule has 2 aromatic carbocycles. The average molecular weight is 307 g/mol. The highest BCUT2D eigenvalue weighted by molar-refractivity contribution is 9.10. The molecular weight excluding hydrogens is 296 g/mol. The first-order valence-corrected chi connectivity index (χ1v) is 6.01. The van der Waals surface area contributed by atoms with Gasteiger partial charge in [-0.3, -0.25) is 0 Å². The summed E-state index contributed by atoms with van der Waals surface area (Å²) in [5.74, 6) is -1.01. The van der Waals surface area contributed by atoms with Crippen LogP contribution in [-0.4, -0.2) is 11.1 Å². The summed E-state index contributed by atoms with van der Waals surface area (Å²) in [4.78, 5) is 11.1. The second-order valence-electron chi connectivity index (χ2n) is 3.74. The van der Waals surface area contributed by atoms with Gasteiger partial charge in [-0.2, -0.15) is 0 Å². The first-order valence-electron chi connectivity index (χ1n) is 5.21. The van der Waals surface area contributed by atoms with Crippen LogP contribution in [0, 0.1) is 0 Å². The van der Waals surface area contributed by atoms with Gasteiger partial charge in [0.05, 0.1) is 11.3 Å².